The van der Waals surface area contributed by atoms with Gasteiger partial charge >= 0.3 is 18.1 Å². The molecule has 7 atom stereocenters. The van der Waals surface area contributed by atoms with Crippen molar-refractivity contribution in [3.63, 3.8) is 0 Å². The molecule has 1 aromatic heterocycles. The maximum Gasteiger partial charge on any atom is 0.490 e. The van der Waals surface area contributed by atoms with Crippen molar-refractivity contribution >= 4 is 59.2 Å². The highest BCUT2D eigenvalue weighted by Gasteiger charge is 2.40. The van der Waals surface area contributed by atoms with E-state index in [2.05, 4.69) is 26.6 Å². The monoisotopic (exact) mass is 1230 g/mol. The Morgan fingerprint density at radius 2 is 1.47 bits per heavy atom. The van der Waals surface area contributed by atoms with Gasteiger partial charge in [-0.1, -0.05) is 71.4 Å². The van der Waals surface area contributed by atoms with E-state index in [9.17, 15) is 70.9 Å². The number of nitrogens with zero attached hydrogens (tertiary/aromatic N) is 4. The van der Waals surface area contributed by atoms with E-state index in [1.807, 2.05) is 51.1 Å². The van der Waals surface area contributed by atoms with E-state index in [0.717, 1.165) is 28.7 Å². The second kappa shape index (κ2) is 33.1. The van der Waals surface area contributed by atoms with Crippen LogP contribution >= 0.6 is 0 Å². The topological polar surface area (TPSA) is 342 Å². The van der Waals surface area contributed by atoms with Crippen LogP contribution in [-0.4, -0.2) is 157 Å². The number of carboxylic acids is 2. The molecule has 2 heterocycles. The summed E-state index contributed by atoms with van der Waals surface area (Å²) in [5.41, 5.74) is 7.48. The molecule has 1 saturated carbocycles. The quantitative estimate of drug-likeness (QED) is 0.0256. The first-order valence-corrected chi connectivity index (χ1v) is 28.6. The van der Waals surface area contributed by atoms with Crippen LogP contribution in [0.15, 0.2) is 66.9 Å². The number of hydrogen-bond acceptors (Lipinski definition) is 13. The third kappa shape index (κ3) is 22.3. The molecule has 28 heteroatoms. The number of imide groups is 1. The van der Waals surface area contributed by atoms with Gasteiger partial charge in [0.25, 0.3) is 11.8 Å². The first-order valence-electron chi connectivity index (χ1n) is 28.6. The van der Waals surface area contributed by atoms with Gasteiger partial charge in [-0.05, 0) is 93.7 Å². The second-order valence-electron chi connectivity index (χ2n) is 22.8. The van der Waals surface area contributed by atoms with Crippen molar-refractivity contribution in [1.82, 2.24) is 46.2 Å². The van der Waals surface area contributed by atoms with Crippen molar-refractivity contribution in [2.75, 3.05) is 26.2 Å². The van der Waals surface area contributed by atoms with E-state index in [1.165, 1.54) is 28.7 Å². The Morgan fingerprint density at radius 1 is 0.816 bits per heavy atom. The number of amides is 8. The Bertz CT molecular complexity index is 2920. The number of aliphatic hydroxyl groups excluding tert-OH is 1. The van der Waals surface area contributed by atoms with E-state index in [1.54, 1.807) is 20.0 Å². The molecule has 23 nitrogen and oxygen atoms in total. The summed E-state index contributed by atoms with van der Waals surface area (Å²) in [5.74, 6) is -10.1. The number of aromatic nitrogens is 2. The Labute approximate surface area is 500 Å². The summed E-state index contributed by atoms with van der Waals surface area (Å²) >= 11 is 0. The van der Waals surface area contributed by atoms with Crippen LogP contribution in [0.2, 0.25) is 0 Å². The van der Waals surface area contributed by atoms with E-state index >= 15 is 4.39 Å². The molecule has 1 fully saturated rings. The second-order valence-corrected chi connectivity index (χ2v) is 22.8. The van der Waals surface area contributed by atoms with Crippen LogP contribution in [0.1, 0.15) is 135 Å². The van der Waals surface area contributed by atoms with Crippen LogP contribution < -0.4 is 32.3 Å². The van der Waals surface area contributed by atoms with Gasteiger partial charge in [0.05, 0.1) is 17.8 Å². The summed E-state index contributed by atoms with van der Waals surface area (Å²) < 4.78 is 62.5. The van der Waals surface area contributed by atoms with Crippen molar-refractivity contribution in [3.05, 3.63) is 95.3 Å². The van der Waals surface area contributed by atoms with Gasteiger partial charge in [-0.15, -0.1) is 0 Å². The lowest BCUT2D eigenvalue weighted by molar-refractivity contribution is -0.192. The number of nitrogens with two attached hydrogens (primary N) is 1. The summed E-state index contributed by atoms with van der Waals surface area (Å²) in [5, 5.41) is 45.5. The van der Waals surface area contributed by atoms with Gasteiger partial charge in [-0.3, -0.25) is 43.3 Å². The number of carbonyl (C=O) groups excluding carboxylic acids is 8. The molecule has 0 spiro atoms. The number of aliphatic hydroxyl groups is 1. The predicted molar refractivity (Wildman–Crippen MR) is 304 cm³/mol. The van der Waals surface area contributed by atoms with E-state index in [0.29, 0.717) is 69.0 Å². The van der Waals surface area contributed by atoms with Crippen LogP contribution in [0.25, 0.3) is 5.69 Å². The number of nitrogens with one attached hydrogen (secondary N) is 5. The van der Waals surface area contributed by atoms with Gasteiger partial charge in [0.1, 0.15) is 42.1 Å². The summed E-state index contributed by atoms with van der Waals surface area (Å²) in [7, 11) is 0. The average molecular weight is 1230 g/mol. The van der Waals surface area contributed by atoms with Crippen molar-refractivity contribution < 1.29 is 85.2 Å². The SMILES string of the molecule is CC(C)[C@H](NC(=O)CCCCCN1C(=O)C=CC1=O)C(=O)N[C@@H](C)C(=O)N[C@@H](CCCCNC(=O)[C@@H]1CC[C@H](NC(=O)[C@@H](N)CCN(C(=O)CO)[C@@H](c2nn(-c3cc(F)ccc3F)cc2Cc2ccccc2)C(C)(C)C)C1)C(=O)O.O=C(O)C(F)(F)F. The Morgan fingerprint density at radius 3 is 2.07 bits per heavy atom. The van der Waals surface area contributed by atoms with Crippen molar-refractivity contribution in [2.24, 2.45) is 23.0 Å². The number of carboxylic acid groups (broad SMARTS) is 2. The molecule has 1 aliphatic carbocycles. The van der Waals surface area contributed by atoms with Crippen LogP contribution in [0.5, 0.6) is 0 Å². The fraction of sp³-hybridized carbons (Fsp3) is 0.542. The maximum atomic E-state index is 15.1. The number of benzene rings is 2. The molecule has 0 bridgehead atoms. The molecule has 0 radical (unpaired) electrons. The summed E-state index contributed by atoms with van der Waals surface area (Å²) in [6, 6.07) is 6.73. The van der Waals surface area contributed by atoms with Crippen molar-refractivity contribution in [2.45, 2.75) is 161 Å². The van der Waals surface area contributed by atoms with Crippen LogP contribution in [0.4, 0.5) is 22.0 Å². The number of unbranched alkanes of at least 4 members (excludes halogenated alkanes) is 3. The van der Waals surface area contributed by atoms with Crippen molar-refractivity contribution in [1.29, 1.82) is 0 Å². The number of rotatable bonds is 30. The number of hydrogen-bond donors (Lipinski definition) is 9. The van der Waals surface area contributed by atoms with Gasteiger partial charge in [-0.2, -0.15) is 18.3 Å². The molecule has 8 amide bonds. The lowest BCUT2D eigenvalue weighted by Crippen LogP contribution is -2.56. The molecule has 0 unspecified atom stereocenters. The van der Waals surface area contributed by atoms with Crippen LogP contribution in [0.3, 0.4) is 0 Å². The summed E-state index contributed by atoms with van der Waals surface area (Å²) in [6.07, 6.45) is 2.92. The minimum atomic E-state index is -5.08. The summed E-state index contributed by atoms with van der Waals surface area (Å²) in [6.45, 7) is 10.0. The number of carbonyl (C=O) groups is 10. The highest BCUT2D eigenvalue weighted by Crippen LogP contribution is 2.40. The third-order valence-corrected chi connectivity index (χ3v) is 14.5. The first-order chi connectivity index (χ1) is 40.8. The van der Waals surface area contributed by atoms with Crippen molar-refractivity contribution in [3.8, 4) is 5.69 Å². The molecular formula is C59H79F5N10O13. The van der Waals surface area contributed by atoms with E-state index in [-0.39, 0.29) is 74.3 Å². The van der Waals surface area contributed by atoms with Crippen LogP contribution in [-0.2, 0) is 54.4 Å². The number of halogens is 5. The lowest BCUT2D eigenvalue weighted by Gasteiger charge is -2.40. The molecule has 5 rings (SSSR count). The molecule has 2 aliphatic rings. The smallest absolute Gasteiger partial charge is 0.480 e. The Balaban J connectivity index is 0.00000217. The zero-order valence-electron chi connectivity index (χ0n) is 49.5. The molecule has 87 heavy (non-hydrogen) atoms. The molecule has 0 saturated heterocycles. The molecule has 3 aromatic rings. The normalized spacial score (nSPS) is 16.6. The highest BCUT2D eigenvalue weighted by atomic mass is 19.4. The lowest BCUT2D eigenvalue weighted by atomic mass is 9.81. The molecule has 2 aromatic carbocycles. The Hall–Kier alpha value is -8.14. The first kappa shape index (κ1) is 71.3. The zero-order valence-corrected chi connectivity index (χ0v) is 49.5. The molecule has 478 valence electrons. The number of alkyl halides is 3. The van der Waals surface area contributed by atoms with Crippen LogP contribution in [0, 0.1) is 28.9 Å². The van der Waals surface area contributed by atoms with E-state index < -0.39 is 107 Å². The minimum Gasteiger partial charge on any atom is -0.480 e. The predicted octanol–water partition coefficient (Wildman–Crippen LogP) is 4.27. The standard InChI is InChI=1S/C57H78F2N10O11.C2HF3O2/c1-34(2)49(65-45(71)18-11-8-14-27-67-46(72)23-24-47(67)73)55(78)62-35(3)52(75)64-43(56(79)80)17-12-13-26-61-53(76)37-19-21-40(30-37)63-54(77)42(60)25-28-68(48(74)33-70)51(57(4,5)6)50-38(29-36-15-9-7-10-16-36)32-69(66-50)44-31-39(58)20-22-41(44)59;3-2(4,5)1(6)7/h7,9-10,15-16,20,22-24,31-32,34-35,37,40,42-43,49,51,70H,8,11-14,17-19,21,25-30,33,60H2,1-6H3,(H,61,76)(H,62,78)(H,63,77)(H,64,75)(H,65,71)(H,79,80);(H,6,7)/t35-,37+,40-,42-,43-,49-,51-;/m0./s1. The van der Waals surface area contributed by atoms with Gasteiger partial charge in [0.2, 0.25) is 35.4 Å². The largest absolute Gasteiger partial charge is 0.490 e. The average Bonchev–Trinajstić information content (AvgIpc) is 1.78. The maximum absolute atomic E-state index is 15.1. The fourth-order valence-electron chi connectivity index (χ4n) is 9.89. The summed E-state index contributed by atoms with van der Waals surface area (Å²) in [4.78, 5) is 126. The zero-order chi connectivity index (χ0) is 64.9. The van der Waals surface area contributed by atoms with E-state index in [4.69, 9.17) is 20.7 Å². The minimum absolute atomic E-state index is 0.0187. The fourth-order valence-corrected chi connectivity index (χ4v) is 9.89. The molecular weight excluding hydrogens is 1150 g/mol. The van der Waals surface area contributed by atoms with Gasteiger partial charge < -0.3 is 52.5 Å². The molecule has 1 aliphatic heterocycles. The Kier molecular flexibility index (Phi) is 27.2. The highest BCUT2D eigenvalue weighted by molar-refractivity contribution is 6.12. The third-order valence-electron chi connectivity index (χ3n) is 14.5. The van der Waals surface area contributed by atoms with Gasteiger partial charge in [-0.25, -0.2) is 23.1 Å². The van der Waals surface area contributed by atoms with Gasteiger partial charge in [0.15, 0.2) is 0 Å². The molecule has 10 N–H and O–H groups in total. The number of aliphatic carboxylic acids is 2. The van der Waals surface area contributed by atoms with Gasteiger partial charge in [0, 0.05) is 74.4 Å².